The largest absolute Gasteiger partial charge is 0.382 e. The molecule has 1 aliphatic rings. The maximum Gasteiger partial charge on any atom is 0.265 e. The highest BCUT2D eigenvalue weighted by Gasteiger charge is 2.24. The molecule has 0 saturated heterocycles. The van der Waals surface area contributed by atoms with Crippen molar-refractivity contribution in [2.75, 3.05) is 23.3 Å². The van der Waals surface area contributed by atoms with Gasteiger partial charge in [0, 0.05) is 12.6 Å². The van der Waals surface area contributed by atoms with Gasteiger partial charge in [-0.25, -0.2) is 18.5 Å². The molecule has 1 aromatic rings. The fraction of sp³-hybridized carbons (Fsp3) is 0.556. The number of thiazole rings is 1. The summed E-state index contributed by atoms with van der Waals surface area (Å²) in [7, 11) is -3.59. The molecule has 8 nitrogen and oxygen atoms in total. The van der Waals surface area contributed by atoms with Crippen LogP contribution in [0, 0.1) is 0 Å². The standard InChI is InChI=1S/C9H15N5O3S2/c10-7-6(8(15)12-3-4-19(11,16)17)18-9(14-7)13-5-1-2-5/h5H,1-4,10H2,(H,12,15)(H,13,14)(H2,11,16,17). The van der Waals surface area contributed by atoms with Crippen LogP contribution in [0.5, 0.6) is 0 Å². The first-order valence-electron chi connectivity index (χ1n) is 5.66. The number of aromatic nitrogens is 1. The second kappa shape index (κ2) is 5.31. The minimum Gasteiger partial charge on any atom is -0.382 e. The zero-order valence-electron chi connectivity index (χ0n) is 10.0. The van der Waals surface area contributed by atoms with Gasteiger partial charge in [0.2, 0.25) is 10.0 Å². The third-order valence-corrected chi connectivity index (χ3v) is 4.21. The van der Waals surface area contributed by atoms with Gasteiger partial charge in [0.25, 0.3) is 5.91 Å². The SMILES string of the molecule is Nc1nc(NC2CC2)sc1C(=O)NCCS(N)(=O)=O. The molecule has 0 spiro atoms. The molecular weight excluding hydrogens is 290 g/mol. The molecule has 0 atom stereocenters. The highest BCUT2D eigenvalue weighted by atomic mass is 32.2. The minimum atomic E-state index is -3.59. The van der Waals surface area contributed by atoms with Crippen LogP contribution >= 0.6 is 11.3 Å². The van der Waals surface area contributed by atoms with Crippen molar-refractivity contribution in [2.45, 2.75) is 18.9 Å². The van der Waals surface area contributed by atoms with Crippen molar-refractivity contribution >= 4 is 38.2 Å². The number of anilines is 2. The van der Waals surface area contributed by atoms with E-state index < -0.39 is 15.9 Å². The molecule has 106 valence electrons. The van der Waals surface area contributed by atoms with Gasteiger partial charge < -0.3 is 16.4 Å². The first-order valence-corrected chi connectivity index (χ1v) is 8.20. The summed E-state index contributed by atoms with van der Waals surface area (Å²) < 4.78 is 21.5. The first-order chi connectivity index (χ1) is 8.85. The molecule has 0 bridgehead atoms. The van der Waals surface area contributed by atoms with Crippen LogP contribution in [0.25, 0.3) is 0 Å². The van der Waals surface area contributed by atoms with E-state index in [0.717, 1.165) is 24.2 Å². The van der Waals surface area contributed by atoms with Crippen molar-refractivity contribution in [1.29, 1.82) is 0 Å². The zero-order chi connectivity index (χ0) is 14.0. The van der Waals surface area contributed by atoms with Gasteiger partial charge in [-0.1, -0.05) is 11.3 Å². The van der Waals surface area contributed by atoms with Crippen LogP contribution in [-0.2, 0) is 10.0 Å². The van der Waals surface area contributed by atoms with Gasteiger partial charge >= 0.3 is 0 Å². The molecule has 6 N–H and O–H groups in total. The van der Waals surface area contributed by atoms with Gasteiger partial charge in [0.15, 0.2) is 5.13 Å². The normalized spacial score (nSPS) is 15.2. The molecular formula is C9H15N5O3S2. The van der Waals surface area contributed by atoms with Gasteiger partial charge in [-0.2, -0.15) is 0 Å². The molecule has 0 radical (unpaired) electrons. The van der Waals surface area contributed by atoms with Crippen molar-refractivity contribution in [3.63, 3.8) is 0 Å². The molecule has 0 aliphatic heterocycles. The number of primary sulfonamides is 1. The summed E-state index contributed by atoms with van der Waals surface area (Å²) in [5.41, 5.74) is 5.65. The van der Waals surface area contributed by atoms with Crippen LogP contribution in [0.4, 0.5) is 10.9 Å². The Morgan fingerprint density at radius 1 is 1.47 bits per heavy atom. The Hall–Kier alpha value is -1.39. The summed E-state index contributed by atoms with van der Waals surface area (Å²) in [6.45, 7) is -0.0552. The van der Waals surface area contributed by atoms with Crippen LogP contribution in [0.3, 0.4) is 0 Å². The lowest BCUT2D eigenvalue weighted by Gasteiger charge is -2.02. The maximum absolute atomic E-state index is 11.8. The Kier molecular flexibility index (Phi) is 3.92. The van der Waals surface area contributed by atoms with Crippen LogP contribution in [0.2, 0.25) is 0 Å². The van der Waals surface area contributed by atoms with Crippen LogP contribution in [-0.4, -0.2) is 37.6 Å². The lowest BCUT2D eigenvalue weighted by Crippen LogP contribution is -2.31. The van der Waals surface area contributed by atoms with Crippen LogP contribution in [0.15, 0.2) is 0 Å². The minimum absolute atomic E-state index is 0.0552. The average Bonchev–Trinajstić information content (AvgIpc) is 2.99. The quantitative estimate of drug-likeness (QED) is 0.549. The summed E-state index contributed by atoms with van der Waals surface area (Å²) in [6, 6.07) is 0.420. The molecule has 10 heteroatoms. The molecule has 1 fully saturated rings. The number of nitrogens with zero attached hydrogens (tertiary/aromatic N) is 1. The molecule has 1 amide bonds. The predicted octanol–water partition coefficient (Wildman–Crippen LogP) is -0.682. The summed E-state index contributed by atoms with van der Waals surface area (Å²) in [6.07, 6.45) is 2.19. The van der Waals surface area contributed by atoms with Crippen molar-refractivity contribution in [3.05, 3.63) is 4.88 Å². The Morgan fingerprint density at radius 3 is 2.74 bits per heavy atom. The number of carbonyl (C=O) groups excluding carboxylic acids is 1. The topological polar surface area (TPSA) is 140 Å². The summed E-state index contributed by atoms with van der Waals surface area (Å²) in [5, 5.41) is 11.0. The number of nitrogens with two attached hydrogens (primary N) is 2. The molecule has 1 heterocycles. The Morgan fingerprint density at radius 2 is 2.16 bits per heavy atom. The highest BCUT2D eigenvalue weighted by Crippen LogP contribution is 2.30. The second-order valence-corrected chi connectivity index (χ2v) is 7.01. The lowest BCUT2D eigenvalue weighted by molar-refractivity contribution is 0.0961. The van der Waals surface area contributed by atoms with E-state index in [2.05, 4.69) is 15.6 Å². The van der Waals surface area contributed by atoms with E-state index in [1.807, 2.05) is 0 Å². The molecule has 1 aliphatic carbocycles. The Balaban J connectivity index is 1.92. The molecule has 1 saturated carbocycles. The fourth-order valence-electron chi connectivity index (χ4n) is 1.35. The van der Waals surface area contributed by atoms with E-state index in [9.17, 15) is 13.2 Å². The summed E-state index contributed by atoms with van der Waals surface area (Å²) in [4.78, 5) is 16.1. The number of hydrogen-bond donors (Lipinski definition) is 4. The molecule has 0 aromatic carbocycles. The van der Waals surface area contributed by atoms with Crippen molar-refractivity contribution in [1.82, 2.24) is 10.3 Å². The zero-order valence-corrected chi connectivity index (χ0v) is 11.7. The van der Waals surface area contributed by atoms with Gasteiger partial charge in [0.1, 0.15) is 10.7 Å². The van der Waals surface area contributed by atoms with Gasteiger partial charge in [0.05, 0.1) is 5.75 Å². The summed E-state index contributed by atoms with van der Waals surface area (Å²) in [5.74, 6) is -0.617. The summed E-state index contributed by atoms with van der Waals surface area (Å²) >= 11 is 1.15. The molecule has 1 aromatic heterocycles. The van der Waals surface area contributed by atoms with E-state index in [1.54, 1.807) is 0 Å². The lowest BCUT2D eigenvalue weighted by atomic mass is 10.4. The van der Waals surface area contributed by atoms with Crippen molar-refractivity contribution in [3.8, 4) is 0 Å². The highest BCUT2D eigenvalue weighted by molar-refractivity contribution is 7.89. The van der Waals surface area contributed by atoms with Gasteiger partial charge in [-0.15, -0.1) is 0 Å². The number of amides is 1. The van der Waals surface area contributed by atoms with Gasteiger partial charge in [-0.05, 0) is 12.8 Å². The first kappa shape index (κ1) is 14.0. The Bertz CT molecular complexity index is 579. The van der Waals surface area contributed by atoms with E-state index in [-0.39, 0.29) is 23.0 Å². The average molecular weight is 305 g/mol. The molecule has 0 unspecified atom stereocenters. The van der Waals surface area contributed by atoms with Crippen molar-refractivity contribution in [2.24, 2.45) is 5.14 Å². The van der Waals surface area contributed by atoms with E-state index >= 15 is 0 Å². The number of sulfonamides is 1. The number of rotatable bonds is 6. The number of nitrogens with one attached hydrogen (secondary N) is 2. The van der Waals surface area contributed by atoms with E-state index in [0.29, 0.717) is 11.2 Å². The number of hydrogen-bond acceptors (Lipinski definition) is 7. The maximum atomic E-state index is 11.8. The monoisotopic (exact) mass is 305 g/mol. The van der Waals surface area contributed by atoms with E-state index in [4.69, 9.17) is 10.9 Å². The van der Waals surface area contributed by atoms with Crippen LogP contribution < -0.4 is 21.5 Å². The smallest absolute Gasteiger partial charge is 0.265 e. The third kappa shape index (κ3) is 4.33. The second-order valence-electron chi connectivity index (χ2n) is 4.27. The van der Waals surface area contributed by atoms with Gasteiger partial charge in [-0.3, -0.25) is 4.79 Å². The third-order valence-electron chi connectivity index (χ3n) is 2.44. The number of nitrogen functional groups attached to an aromatic ring is 1. The fourth-order valence-corrected chi connectivity index (χ4v) is 2.61. The Labute approximate surface area is 114 Å². The molecule has 2 rings (SSSR count). The predicted molar refractivity (Wildman–Crippen MR) is 73.5 cm³/mol. The van der Waals surface area contributed by atoms with E-state index in [1.165, 1.54) is 0 Å². The van der Waals surface area contributed by atoms with Crippen molar-refractivity contribution < 1.29 is 13.2 Å². The van der Waals surface area contributed by atoms with Crippen LogP contribution in [0.1, 0.15) is 22.5 Å². The number of carbonyl (C=O) groups is 1. The molecule has 19 heavy (non-hydrogen) atoms.